The molecule has 8 heteroatoms. The molecule has 1 saturated heterocycles. The van der Waals surface area contributed by atoms with Gasteiger partial charge in [0.2, 0.25) is 4.96 Å². The third kappa shape index (κ3) is 4.06. The van der Waals surface area contributed by atoms with E-state index in [0.29, 0.717) is 24.6 Å². The summed E-state index contributed by atoms with van der Waals surface area (Å²) in [7, 11) is 0. The van der Waals surface area contributed by atoms with Crippen molar-refractivity contribution in [2.24, 2.45) is 0 Å². The van der Waals surface area contributed by atoms with Gasteiger partial charge in [0.25, 0.3) is 11.5 Å². The Hall–Kier alpha value is -3.36. The number of carbonyl (C=O) groups is 1. The Balaban J connectivity index is 1.29. The number of piperazine rings is 1. The van der Waals surface area contributed by atoms with E-state index in [9.17, 15) is 9.59 Å². The van der Waals surface area contributed by atoms with Crippen molar-refractivity contribution < 1.29 is 4.79 Å². The van der Waals surface area contributed by atoms with Crippen LogP contribution in [-0.4, -0.2) is 56.5 Å². The molecule has 162 valence electrons. The van der Waals surface area contributed by atoms with E-state index in [1.165, 1.54) is 15.9 Å². The maximum Gasteiger partial charge on any atom is 0.275 e. The molecule has 1 fully saturated rings. The average molecular weight is 446 g/mol. The first kappa shape index (κ1) is 20.5. The van der Waals surface area contributed by atoms with Crippen molar-refractivity contribution in [2.75, 3.05) is 26.2 Å². The Morgan fingerprint density at radius 1 is 1.00 bits per heavy atom. The summed E-state index contributed by atoms with van der Waals surface area (Å²) in [6, 6.07) is 18.9. The lowest BCUT2D eigenvalue weighted by atomic mass is 10.1. The number of aromatic nitrogens is 3. The number of amides is 1. The molecule has 0 radical (unpaired) electrons. The van der Waals surface area contributed by atoms with Gasteiger partial charge in [-0.15, -0.1) is 0 Å². The zero-order valence-electron chi connectivity index (χ0n) is 17.8. The van der Waals surface area contributed by atoms with Gasteiger partial charge in [-0.2, -0.15) is 9.61 Å². The fourth-order valence-electron chi connectivity index (χ4n) is 3.96. The van der Waals surface area contributed by atoms with Crippen LogP contribution in [0.1, 0.15) is 21.6 Å². The smallest absolute Gasteiger partial charge is 0.275 e. The van der Waals surface area contributed by atoms with Crippen LogP contribution in [0.5, 0.6) is 0 Å². The van der Waals surface area contributed by atoms with E-state index >= 15 is 0 Å². The summed E-state index contributed by atoms with van der Waals surface area (Å²) < 4.78 is 1.38. The standard InChI is InChI=1S/C24H23N5O2S/c1-17-7-5-6-10-20(17)22-26-29-21(30)15-19(25-24(29)32-22)16-27-11-13-28(14-12-27)23(31)18-8-3-2-4-9-18/h2-10,15H,11-14,16H2,1H3. The number of hydrogen-bond acceptors (Lipinski definition) is 6. The Labute approximate surface area is 189 Å². The van der Waals surface area contributed by atoms with Gasteiger partial charge < -0.3 is 4.90 Å². The molecule has 5 rings (SSSR count). The molecule has 2 aromatic heterocycles. The van der Waals surface area contributed by atoms with Gasteiger partial charge in [0.1, 0.15) is 5.01 Å². The fourth-order valence-corrected chi connectivity index (χ4v) is 4.97. The second-order valence-electron chi connectivity index (χ2n) is 7.94. The predicted molar refractivity (Wildman–Crippen MR) is 125 cm³/mol. The molecular formula is C24H23N5O2S. The van der Waals surface area contributed by atoms with E-state index in [-0.39, 0.29) is 11.5 Å². The van der Waals surface area contributed by atoms with Gasteiger partial charge in [-0.25, -0.2) is 4.98 Å². The van der Waals surface area contributed by atoms with Gasteiger partial charge in [-0.05, 0) is 24.6 Å². The number of aryl methyl sites for hydroxylation is 1. The Bertz CT molecular complexity index is 1320. The number of benzene rings is 2. The zero-order chi connectivity index (χ0) is 22.1. The molecule has 0 aliphatic carbocycles. The van der Waals surface area contributed by atoms with Crippen LogP contribution in [0.3, 0.4) is 0 Å². The van der Waals surface area contributed by atoms with Crippen molar-refractivity contribution >= 4 is 22.2 Å². The van der Waals surface area contributed by atoms with Crippen molar-refractivity contribution in [2.45, 2.75) is 13.5 Å². The van der Waals surface area contributed by atoms with Gasteiger partial charge in [-0.1, -0.05) is 53.8 Å². The summed E-state index contributed by atoms with van der Waals surface area (Å²) in [6.07, 6.45) is 0. The Morgan fingerprint density at radius 2 is 1.72 bits per heavy atom. The van der Waals surface area contributed by atoms with Crippen LogP contribution in [0.2, 0.25) is 0 Å². The largest absolute Gasteiger partial charge is 0.336 e. The first-order valence-corrected chi connectivity index (χ1v) is 11.4. The molecule has 0 saturated carbocycles. The third-order valence-electron chi connectivity index (χ3n) is 5.74. The minimum atomic E-state index is -0.168. The summed E-state index contributed by atoms with van der Waals surface area (Å²) >= 11 is 1.43. The van der Waals surface area contributed by atoms with Crippen LogP contribution in [0.15, 0.2) is 65.5 Å². The monoisotopic (exact) mass is 445 g/mol. The molecule has 0 atom stereocenters. The summed E-state index contributed by atoms with van der Waals surface area (Å²) in [5, 5.41) is 5.28. The van der Waals surface area contributed by atoms with Crippen molar-refractivity contribution in [1.82, 2.24) is 24.4 Å². The molecule has 0 N–H and O–H groups in total. The first-order valence-electron chi connectivity index (χ1n) is 10.6. The molecule has 1 aliphatic heterocycles. The summed E-state index contributed by atoms with van der Waals surface area (Å²) in [5.74, 6) is 0.0661. The number of rotatable bonds is 4. The van der Waals surface area contributed by atoms with E-state index in [4.69, 9.17) is 4.98 Å². The SMILES string of the molecule is Cc1ccccc1-c1nn2c(=O)cc(CN3CCN(C(=O)c4ccccc4)CC3)nc2s1. The molecule has 2 aromatic carbocycles. The molecule has 0 spiro atoms. The highest BCUT2D eigenvalue weighted by Crippen LogP contribution is 2.27. The van der Waals surface area contributed by atoms with E-state index in [0.717, 1.165) is 40.5 Å². The van der Waals surface area contributed by atoms with E-state index in [2.05, 4.69) is 10.00 Å². The number of fused-ring (bicyclic) bond motifs is 1. The predicted octanol–water partition coefficient (Wildman–Crippen LogP) is 3.08. The van der Waals surface area contributed by atoms with E-state index in [1.807, 2.05) is 66.4 Å². The van der Waals surface area contributed by atoms with Crippen LogP contribution < -0.4 is 5.56 Å². The van der Waals surface area contributed by atoms with Crippen molar-refractivity contribution in [3.8, 4) is 10.6 Å². The molecular weight excluding hydrogens is 422 g/mol. The maximum atomic E-state index is 12.7. The normalized spacial score (nSPS) is 14.7. The lowest BCUT2D eigenvalue weighted by molar-refractivity contribution is 0.0627. The van der Waals surface area contributed by atoms with E-state index in [1.54, 1.807) is 6.07 Å². The maximum absolute atomic E-state index is 12.7. The summed E-state index contributed by atoms with van der Waals surface area (Å²) in [6.45, 7) is 5.43. The van der Waals surface area contributed by atoms with Crippen molar-refractivity contribution in [1.29, 1.82) is 0 Å². The summed E-state index contributed by atoms with van der Waals surface area (Å²) in [5.41, 5.74) is 3.42. The Kier molecular flexibility index (Phi) is 5.55. The zero-order valence-corrected chi connectivity index (χ0v) is 18.6. The first-order chi connectivity index (χ1) is 15.6. The molecule has 1 aliphatic rings. The lowest BCUT2D eigenvalue weighted by Gasteiger charge is -2.34. The summed E-state index contributed by atoms with van der Waals surface area (Å²) in [4.78, 5) is 34.7. The molecule has 7 nitrogen and oxygen atoms in total. The van der Waals surface area contributed by atoms with Gasteiger partial charge in [0.05, 0.1) is 5.69 Å². The molecule has 0 unspecified atom stereocenters. The van der Waals surface area contributed by atoms with Gasteiger partial charge in [-0.3, -0.25) is 14.5 Å². The fraction of sp³-hybridized carbons (Fsp3) is 0.250. The lowest BCUT2D eigenvalue weighted by Crippen LogP contribution is -2.48. The molecule has 1 amide bonds. The third-order valence-corrected chi connectivity index (χ3v) is 6.68. The number of hydrogen-bond donors (Lipinski definition) is 0. The van der Waals surface area contributed by atoms with E-state index < -0.39 is 0 Å². The molecule has 3 heterocycles. The highest BCUT2D eigenvalue weighted by atomic mass is 32.1. The second-order valence-corrected chi connectivity index (χ2v) is 8.89. The van der Waals surface area contributed by atoms with Crippen molar-refractivity contribution in [3.63, 3.8) is 0 Å². The van der Waals surface area contributed by atoms with Crippen LogP contribution >= 0.6 is 11.3 Å². The van der Waals surface area contributed by atoms with Crippen molar-refractivity contribution in [3.05, 3.63) is 87.8 Å². The van der Waals surface area contributed by atoms with Crippen LogP contribution in [0.25, 0.3) is 15.5 Å². The van der Waals surface area contributed by atoms with Crippen LogP contribution in [0, 0.1) is 6.92 Å². The minimum Gasteiger partial charge on any atom is -0.336 e. The number of carbonyl (C=O) groups excluding carboxylic acids is 1. The Morgan fingerprint density at radius 3 is 2.47 bits per heavy atom. The highest BCUT2D eigenvalue weighted by Gasteiger charge is 2.22. The number of nitrogens with zero attached hydrogens (tertiary/aromatic N) is 5. The second kappa shape index (κ2) is 8.64. The van der Waals surface area contributed by atoms with Gasteiger partial charge in [0, 0.05) is 49.9 Å². The van der Waals surface area contributed by atoms with Gasteiger partial charge >= 0.3 is 0 Å². The van der Waals surface area contributed by atoms with Crippen LogP contribution in [0.4, 0.5) is 0 Å². The molecule has 0 bridgehead atoms. The molecule has 32 heavy (non-hydrogen) atoms. The topological polar surface area (TPSA) is 70.8 Å². The highest BCUT2D eigenvalue weighted by molar-refractivity contribution is 7.19. The molecule has 4 aromatic rings. The average Bonchev–Trinajstić information content (AvgIpc) is 3.24. The van der Waals surface area contributed by atoms with Crippen LogP contribution in [-0.2, 0) is 6.54 Å². The quantitative estimate of drug-likeness (QED) is 0.483. The minimum absolute atomic E-state index is 0.0661. The van der Waals surface area contributed by atoms with Gasteiger partial charge in [0.15, 0.2) is 0 Å².